The maximum absolute atomic E-state index is 13.2. The van der Waals surface area contributed by atoms with Crippen LogP contribution in [0.15, 0.2) is 30.6 Å². The van der Waals surface area contributed by atoms with E-state index in [1.807, 2.05) is 11.8 Å². The lowest BCUT2D eigenvalue weighted by Gasteiger charge is -2.29. The van der Waals surface area contributed by atoms with Gasteiger partial charge < -0.3 is 19.4 Å². The van der Waals surface area contributed by atoms with E-state index in [9.17, 15) is 14.4 Å². The molecule has 2 heterocycles. The monoisotopic (exact) mass is 517 g/mol. The second-order valence-corrected chi connectivity index (χ2v) is 9.57. The Bertz CT molecular complexity index is 1070. The van der Waals surface area contributed by atoms with E-state index in [0.717, 1.165) is 19.3 Å². The Morgan fingerprint density at radius 1 is 1.11 bits per heavy atom. The number of benzene rings is 1. The highest BCUT2D eigenvalue weighted by molar-refractivity contribution is 6.31. The van der Waals surface area contributed by atoms with E-state index in [2.05, 4.69) is 5.10 Å². The molecule has 0 fully saturated rings. The molecule has 9 nitrogen and oxygen atoms in total. The van der Waals surface area contributed by atoms with Crippen LogP contribution in [0.4, 0.5) is 0 Å². The van der Waals surface area contributed by atoms with E-state index in [0.29, 0.717) is 61.1 Å². The van der Waals surface area contributed by atoms with Gasteiger partial charge in [-0.15, -0.1) is 0 Å². The average molecular weight is 518 g/mol. The Kier molecular flexibility index (Phi) is 9.75. The van der Waals surface area contributed by atoms with E-state index in [4.69, 9.17) is 16.3 Å². The first-order valence-corrected chi connectivity index (χ1v) is 12.9. The molecule has 0 N–H and O–H groups in total. The van der Waals surface area contributed by atoms with Crippen LogP contribution >= 0.6 is 11.6 Å². The third-order valence-corrected chi connectivity index (χ3v) is 6.78. The largest absolute Gasteiger partial charge is 0.493 e. The highest BCUT2D eigenvalue weighted by Crippen LogP contribution is 2.25. The molecule has 2 aromatic rings. The Morgan fingerprint density at radius 3 is 2.50 bits per heavy atom. The molecule has 0 unspecified atom stereocenters. The molecule has 36 heavy (non-hydrogen) atoms. The van der Waals surface area contributed by atoms with E-state index < -0.39 is 6.04 Å². The quantitative estimate of drug-likeness (QED) is 0.607. The molecule has 1 aliphatic heterocycles. The number of hydrogen-bond donors (Lipinski definition) is 0. The number of amides is 3. The van der Waals surface area contributed by atoms with Crippen LogP contribution in [-0.2, 0) is 11.3 Å². The van der Waals surface area contributed by atoms with Gasteiger partial charge in [0.05, 0.1) is 23.9 Å². The topological polar surface area (TPSA) is 88.0 Å². The van der Waals surface area contributed by atoms with E-state index in [1.54, 1.807) is 61.2 Å². The van der Waals surface area contributed by atoms with Crippen LogP contribution in [-0.4, -0.2) is 88.6 Å². The molecular weight excluding hydrogens is 482 g/mol. The SMILES string of the molecule is CCn1cc(C(=O)N2CCCCOc3ccc(Cl)cc3C(=O)N(C)[C@@H](C)C(=O)N(C)CCCC2)cn1. The number of aromatic nitrogens is 2. The Balaban J connectivity index is 1.79. The molecule has 0 saturated heterocycles. The predicted molar refractivity (Wildman–Crippen MR) is 138 cm³/mol. The minimum Gasteiger partial charge on any atom is -0.493 e. The van der Waals surface area contributed by atoms with Crippen molar-refractivity contribution in [3.63, 3.8) is 0 Å². The van der Waals surface area contributed by atoms with E-state index in [1.165, 1.54) is 4.90 Å². The van der Waals surface area contributed by atoms with Gasteiger partial charge in [0.15, 0.2) is 0 Å². The lowest BCUT2D eigenvalue weighted by molar-refractivity contribution is -0.133. The highest BCUT2D eigenvalue weighted by atomic mass is 35.5. The zero-order valence-electron chi connectivity index (χ0n) is 21.6. The number of ether oxygens (including phenoxy) is 1. The third-order valence-electron chi connectivity index (χ3n) is 6.55. The Morgan fingerprint density at radius 2 is 1.81 bits per heavy atom. The molecule has 1 aliphatic rings. The molecule has 196 valence electrons. The number of fused-ring (bicyclic) bond motifs is 1. The fraction of sp³-hybridized carbons (Fsp3) is 0.538. The summed E-state index contributed by atoms with van der Waals surface area (Å²) >= 11 is 6.17. The van der Waals surface area contributed by atoms with Gasteiger partial charge in [0.2, 0.25) is 5.91 Å². The van der Waals surface area contributed by atoms with Crippen molar-refractivity contribution < 1.29 is 19.1 Å². The smallest absolute Gasteiger partial charge is 0.258 e. The van der Waals surface area contributed by atoms with Crippen LogP contribution in [0.2, 0.25) is 5.02 Å². The summed E-state index contributed by atoms with van der Waals surface area (Å²) in [4.78, 5) is 44.3. The first-order valence-electron chi connectivity index (χ1n) is 12.5. The van der Waals surface area contributed by atoms with Crippen molar-refractivity contribution in [3.05, 3.63) is 46.7 Å². The van der Waals surface area contributed by atoms with Crippen LogP contribution in [0, 0.1) is 0 Å². The molecule has 0 bridgehead atoms. The van der Waals surface area contributed by atoms with Gasteiger partial charge in [-0.3, -0.25) is 19.1 Å². The summed E-state index contributed by atoms with van der Waals surface area (Å²) in [6, 6.07) is 4.27. The second-order valence-electron chi connectivity index (χ2n) is 9.13. The molecular formula is C26H36ClN5O4. The zero-order valence-corrected chi connectivity index (χ0v) is 22.3. The minimum absolute atomic E-state index is 0.0428. The molecule has 0 saturated carbocycles. The van der Waals surface area contributed by atoms with Gasteiger partial charge in [0.1, 0.15) is 11.8 Å². The summed E-state index contributed by atoms with van der Waals surface area (Å²) in [6.07, 6.45) is 6.35. The summed E-state index contributed by atoms with van der Waals surface area (Å²) in [5, 5.41) is 4.65. The summed E-state index contributed by atoms with van der Waals surface area (Å²) < 4.78 is 7.69. The Labute approximate surface area is 217 Å². The summed E-state index contributed by atoms with van der Waals surface area (Å²) in [7, 11) is 3.35. The van der Waals surface area contributed by atoms with Crippen molar-refractivity contribution >= 4 is 29.3 Å². The number of aryl methyl sites for hydroxylation is 1. The van der Waals surface area contributed by atoms with Crippen LogP contribution < -0.4 is 4.74 Å². The first kappa shape index (κ1) is 27.5. The van der Waals surface area contributed by atoms with Crippen molar-refractivity contribution in [2.75, 3.05) is 40.3 Å². The number of carbonyl (C=O) groups excluding carboxylic acids is 3. The van der Waals surface area contributed by atoms with Crippen LogP contribution in [0.25, 0.3) is 0 Å². The van der Waals surface area contributed by atoms with Crippen LogP contribution in [0.3, 0.4) is 0 Å². The second kappa shape index (κ2) is 12.8. The maximum atomic E-state index is 13.2. The summed E-state index contributed by atoms with van der Waals surface area (Å²) in [5.74, 6) is -0.0951. The van der Waals surface area contributed by atoms with Crippen molar-refractivity contribution in [3.8, 4) is 5.75 Å². The fourth-order valence-electron chi connectivity index (χ4n) is 4.14. The van der Waals surface area contributed by atoms with Gasteiger partial charge >= 0.3 is 0 Å². The summed E-state index contributed by atoms with van der Waals surface area (Å²) in [6.45, 7) is 6.49. The molecule has 0 aliphatic carbocycles. The first-order chi connectivity index (χ1) is 17.2. The molecule has 1 atom stereocenters. The van der Waals surface area contributed by atoms with Crippen LogP contribution in [0.5, 0.6) is 5.75 Å². The van der Waals surface area contributed by atoms with Crippen molar-refractivity contribution in [2.45, 2.75) is 52.1 Å². The van der Waals surface area contributed by atoms with Gasteiger partial charge in [0, 0.05) is 51.5 Å². The molecule has 3 rings (SSSR count). The fourth-order valence-corrected chi connectivity index (χ4v) is 4.31. The Hall–Kier alpha value is -3.07. The molecule has 0 spiro atoms. The van der Waals surface area contributed by atoms with Gasteiger partial charge in [-0.05, 0) is 57.7 Å². The number of likely N-dealkylation sites (N-methyl/N-ethyl adjacent to an activating group) is 2. The van der Waals surface area contributed by atoms with Crippen LogP contribution in [0.1, 0.15) is 60.2 Å². The third kappa shape index (κ3) is 6.78. The molecule has 1 aromatic heterocycles. The van der Waals surface area contributed by atoms with Gasteiger partial charge in [-0.25, -0.2) is 0 Å². The van der Waals surface area contributed by atoms with Crippen molar-refractivity contribution in [1.82, 2.24) is 24.5 Å². The standard InChI is InChI=1S/C26H36ClN5O4/c1-5-32-18-20(17-28-32)25(34)31-13-7-6-12-29(3)24(33)19(2)30(4)26(35)22-16-21(27)10-11-23(22)36-15-9-8-14-31/h10-11,16-19H,5-9,12-15H2,1-4H3/t19-/m0/s1. The molecule has 1 aromatic carbocycles. The average Bonchev–Trinajstić information content (AvgIpc) is 3.37. The highest BCUT2D eigenvalue weighted by Gasteiger charge is 2.28. The molecule has 3 amide bonds. The number of nitrogens with zero attached hydrogens (tertiary/aromatic N) is 5. The number of hydrogen-bond acceptors (Lipinski definition) is 5. The lowest BCUT2D eigenvalue weighted by atomic mass is 10.1. The van der Waals surface area contributed by atoms with Crippen molar-refractivity contribution in [1.29, 1.82) is 0 Å². The molecule has 10 heteroatoms. The van der Waals surface area contributed by atoms with Gasteiger partial charge in [-0.2, -0.15) is 5.10 Å². The number of halogens is 1. The van der Waals surface area contributed by atoms with Gasteiger partial charge in [-0.1, -0.05) is 11.6 Å². The maximum Gasteiger partial charge on any atom is 0.258 e. The zero-order chi connectivity index (χ0) is 26.2. The normalized spacial score (nSPS) is 19.0. The van der Waals surface area contributed by atoms with Crippen molar-refractivity contribution in [2.24, 2.45) is 0 Å². The van der Waals surface area contributed by atoms with E-state index in [-0.39, 0.29) is 17.7 Å². The number of rotatable bonds is 2. The summed E-state index contributed by atoms with van der Waals surface area (Å²) in [5.41, 5.74) is 0.897. The van der Waals surface area contributed by atoms with Gasteiger partial charge in [0.25, 0.3) is 11.8 Å². The minimum atomic E-state index is -0.654. The predicted octanol–water partition coefficient (Wildman–Crippen LogP) is 3.57. The van der Waals surface area contributed by atoms with E-state index >= 15 is 0 Å². The number of carbonyl (C=O) groups is 3. The lowest BCUT2D eigenvalue weighted by Crippen LogP contribution is -2.47. The molecule has 0 radical (unpaired) electrons.